The Hall–Kier alpha value is -1.95. The Bertz CT molecular complexity index is 531. The standard InChI is InChI=1S/C16H22FN3O2/c1-20(2)8-7-18-15(21)13-9-14(13)16(22)19-10-11-3-5-12(17)6-4-11/h3-6,13-14H,7-10H2,1-2H3,(H,18,21)(H,19,22). The molecule has 0 radical (unpaired) electrons. The molecule has 1 aliphatic carbocycles. The van der Waals surface area contributed by atoms with Gasteiger partial charge < -0.3 is 15.5 Å². The molecular weight excluding hydrogens is 285 g/mol. The fourth-order valence-electron chi connectivity index (χ4n) is 2.23. The summed E-state index contributed by atoms with van der Waals surface area (Å²) in [5, 5.41) is 5.63. The van der Waals surface area contributed by atoms with Crippen LogP contribution >= 0.6 is 0 Å². The molecule has 120 valence electrons. The van der Waals surface area contributed by atoms with Gasteiger partial charge in [0.05, 0.1) is 11.8 Å². The molecule has 1 fully saturated rings. The number of nitrogens with zero attached hydrogens (tertiary/aromatic N) is 1. The highest BCUT2D eigenvalue weighted by atomic mass is 19.1. The molecule has 0 saturated heterocycles. The number of halogens is 1. The molecule has 2 atom stereocenters. The van der Waals surface area contributed by atoms with Crippen molar-refractivity contribution in [2.45, 2.75) is 13.0 Å². The van der Waals surface area contributed by atoms with Gasteiger partial charge in [0, 0.05) is 19.6 Å². The molecule has 2 amide bonds. The first kappa shape index (κ1) is 16.4. The van der Waals surface area contributed by atoms with E-state index in [0.717, 1.165) is 12.1 Å². The van der Waals surface area contributed by atoms with Crippen LogP contribution in [0.1, 0.15) is 12.0 Å². The fourth-order valence-corrected chi connectivity index (χ4v) is 2.23. The molecule has 22 heavy (non-hydrogen) atoms. The maximum absolute atomic E-state index is 12.8. The largest absolute Gasteiger partial charge is 0.355 e. The zero-order chi connectivity index (χ0) is 16.1. The van der Waals surface area contributed by atoms with Crippen molar-refractivity contribution in [2.24, 2.45) is 11.8 Å². The Morgan fingerprint density at radius 3 is 2.32 bits per heavy atom. The Labute approximate surface area is 129 Å². The van der Waals surface area contributed by atoms with Crippen LogP contribution in [0.15, 0.2) is 24.3 Å². The van der Waals surface area contributed by atoms with Crippen LogP contribution in [0.3, 0.4) is 0 Å². The summed E-state index contributed by atoms with van der Waals surface area (Å²) in [4.78, 5) is 25.8. The second-order valence-corrected chi connectivity index (χ2v) is 5.89. The first-order chi connectivity index (χ1) is 10.5. The van der Waals surface area contributed by atoms with Crippen LogP contribution in [0.4, 0.5) is 4.39 Å². The van der Waals surface area contributed by atoms with Gasteiger partial charge in [-0.3, -0.25) is 9.59 Å². The molecule has 0 aliphatic heterocycles. The first-order valence-corrected chi connectivity index (χ1v) is 7.42. The molecule has 5 nitrogen and oxygen atoms in total. The van der Waals surface area contributed by atoms with E-state index in [9.17, 15) is 14.0 Å². The number of carbonyl (C=O) groups excluding carboxylic acids is 2. The maximum atomic E-state index is 12.8. The first-order valence-electron chi connectivity index (χ1n) is 7.42. The summed E-state index contributed by atoms with van der Waals surface area (Å²) < 4.78 is 12.8. The van der Waals surface area contributed by atoms with Crippen molar-refractivity contribution in [2.75, 3.05) is 27.2 Å². The van der Waals surface area contributed by atoms with Gasteiger partial charge in [-0.1, -0.05) is 12.1 Å². The normalized spacial score (nSPS) is 19.8. The number of hydrogen-bond donors (Lipinski definition) is 2. The Kier molecular flexibility index (Phi) is 5.49. The number of amides is 2. The number of benzene rings is 1. The predicted molar refractivity (Wildman–Crippen MR) is 81.4 cm³/mol. The van der Waals surface area contributed by atoms with Gasteiger partial charge in [0.1, 0.15) is 5.82 Å². The highest BCUT2D eigenvalue weighted by molar-refractivity contribution is 5.92. The second kappa shape index (κ2) is 7.35. The van der Waals surface area contributed by atoms with Crippen LogP contribution in [0.5, 0.6) is 0 Å². The number of carbonyl (C=O) groups is 2. The zero-order valence-electron chi connectivity index (χ0n) is 12.9. The summed E-state index contributed by atoms with van der Waals surface area (Å²) in [6.45, 7) is 1.72. The van der Waals surface area contributed by atoms with E-state index in [1.54, 1.807) is 12.1 Å². The zero-order valence-corrected chi connectivity index (χ0v) is 12.9. The number of hydrogen-bond acceptors (Lipinski definition) is 3. The molecule has 0 heterocycles. The van der Waals surface area contributed by atoms with Gasteiger partial charge in [0.25, 0.3) is 0 Å². The molecular formula is C16H22FN3O2. The average Bonchev–Trinajstić information content (AvgIpc) is 3.26. The van der Waals surface area contributed by atoms with E-state index in [1.807, 2.05) is 19.0 Å². The van der Waals surface area contributed by atoms with Crippen molar-refractivity contribution in [3.63, 3.8) is 0 Å². The Morgan fingerprint density at radius 1 is 1.14 bits per heavy atom. The Balaban J connectivity index is 1.69. The van der Waals surface area contributed by atoms with Crippen LogP contribution in [0, 0.1) is 17.7 Å². The lowest BCUT2D eigenvalue weighted by Gasteiger charge is -2.10. The quantitative estimate of drug-likeness (QED) is 0.782. The summed E-state index contributed by atoms with van der Waals surface area (Å²) >= 11 is 0. The third-order valence-corrected chi connectivity index (χ3v) is 3.70. The summed E-state index contributed by atoms with van der Waals surface area (Å²) in [7, 11) is 3.88. The van der Waals surface area contributed by atoms with Gasteiger partial charge in [-0.15, -0.1) is 0 Å². The van der Waals surface area contributed by atoms with Crippen LogP contribution in [0.2, 0.25) is 0 Å². The minimum Gasteiger partial charge on any atom is -0.355 e. The molecule has 2 N–H and O–H groups in total. The van der Waals surface area contributed by atoms with E-state index >= 15 is 0 Å². The van der Waals surface area contributed by atoms with Gasteiger partial charge in [-0.2, -0.15) is 0 Å². The second-order valence-electron chi connectivity index (χ2n) is 5.89. The monoisotopic (exact) mass is 307 g/mol. The van der Waals surface area contributed by atoms with Gasteiger partial charge in [0.15, 0.2) is 0 Å². The van der Waals surface area contributed by atoms with Crippen LogP contribution < -0.4 is 10.6 Å². The van der Waals surface area contributed by atoms with Crippen LogP contribution in [-0.4, -0.2) is 43.9 Å². The minimum absolute atomic E-state index is 0.0521. The van der Waals surface area contributed by atoms with E-state index in [4.69, 9.17) is 0 Å². The SMILES string of the molecule is CN(C)CCNC(=O)C1CC1C(=O)NCc1ccc(F)cc1. The van der Waals surface area contributed by atoms with E-state index < -0.39 is 0 Å². The molecule has 1 aliphatic rings. The predicted octanol–water partition coefficient (Wildman–Crippen LogP) is 0.756. The van der Waals surface area contributed by atoms with Crippen molar-refractivity contribution in [1.82, 2.24) is 15.5 Å². The summed E-state index contributed by atoms with van der Waals surface area (Å²) in [5.74, 6) is -0.914. The molecule has 2 unspecified atom stereocenters. The van der Waals surface area contributed by atoms with Crippen LogP contribution in [-0.2, 0) is 16.1 Å². The minimum atomic E-state index is -0.299. The number of rotatable bonds is 7. The summed E-state index contributed by atoms with van der Waals surface area (Å²) in [6.07, 6.45) is 0.600. The van der Waals surface area contributed by atoms with Crippen molar-refractivity contribution < 1.29 is 14.0 Å². The molecule has 0 bridgehead atoms. The third kappa shape index (κ3) is 4.80. The molecule has 0 aromatic heterocycles. The summed E-state index contributed by atoms with van der Waals surface area (Å²) in [5.41, 5.74) is 0.836. The van der Waals surface area contributed by atoms with Gasteiger partial charge in [-0.25, -0.2) is 4.39 Å². The van der Waals surface area contributed by atoms with Gasteiger partial charge >= 0.3 is 0 Å². The molecule has 6 heteroatoms. The molecule has 2 rings (SSSR count). The van der Waals surface area contributed by atoms with E-state index in [1.165, 1.54) is 12.1 Å². The lowest BCUT2D eigenvalue weighted by Crippen LogP contribution is -2.34. The van der Waals surface area contributed by atoms with Gasteiger partial charge in [0.2, 0.25) is 11.8 Å². The van der Waals surface area contributed by atoms with E-state index in [2.05, 4.69) is 10.6 Å². The third-order valence-electron chi connectivity index (χ3n) is 3.70. The fraction of sp³-hybridized carbons (Fsp3) is 0.500. The van der Waals surface area contributed by atoms with Crippen molar-refractivity contribution in [3.8, 4) is 0 Å². The average molecular weight is 307 g/mol. The van der Waals surface area contributed by atoms with Crippen molar-refractivity contribution >= 4 is 11.8 Å². The smallest absolute Gasteiger partial charge is 0.224 e. The van der Waals surface area contributed by atoms with Crippen LogP contribution in [0.25, 0.3) is 0 Å². The molecule has 1 saturated carbocycles. The number of likely N-dealkylation sites (N-methyl/N-ethyl adjacent to an activating group) is 1. The summed E-state index contributed by atoms with van der Waals surface area (Å²) in [6, 6.07) is 5.99. The Morgan fingerprint density at radius 2 is 1.73 bits per heavy atom. The topological polar surface area (TPSA) is 61.4 Å². The van der Waals surface area contributed by atoms with Gasteiger partial charge in [-0.05, 0) is 38.2 Å². The number of nitrogens with one attached hydrogen (secondary N) is 2. The van der Waals surface area contributed by atoms with E-state index in [0.29, 0.717) is 19.5 Å². The molecule has 0 spiro atoms. The van der Waals surface area contributed by atoms with E-state index in [-0.39, 0.29) is 29.5 Å². The van der Waals surface area contributed by atoms with Crippen molar-refractivity contribution in [1.29, 1.82) is 0 Å². The highest BCUT2D eigenvalue weighted by Crippen LogP contribution is 2.38. The van der Waals surface area contributed by atoms with Crippen molar-refractivity contribution in [3.05, 3.63) is 35.6 Å². The maximum Gasteiger partial charge on any atom is 0.224 e. The molecule has 1 aromatic carbocycles. The lowest BCUT2D eigenvalue weighted by molar-refractivity contribution is -0.127. The highest BCUT2D eigenvalue weighted by Gasteiger charge is 2.47. The lowest BCUT2D eigenvalue weighted by atomic mass is 10.2. The molecule has 1 aromatic rings.